The van der Waals surface area contributed by atoms with Crippen LogP contribution in [0, 0.1) is 0 Å². The number of guanidine groups is 1. The fourth-order valence-corrected chi connectivity index (χ4v) is 5.81. The van der Waals surface area contributed by atoms with Gasteiger partial charge in [0.2, 0.25) is 0 Å². The Morgan fingerprint density at radius 1 is 1.10 bits per heavy atom. The largest absolute Gasteiger partial charge is 0.354 e. The van der Waals surface area contributed by atoms with E-state index in [0.29, 0.717) is 11.3 Å². The molecule has 1 saturated heterocycles. The van der Waals surface area contributed by atoms with Crippen LogP contribution in [0.4, 0.5) is 0 Å². The molecule has 3 rings (SSSR count). The standard InChI is InChI=1S/C23H38N4OS/c1-3-29(28)22-9-7-8-21(16-22)26-23(24-2)25-17-19-10-12-20(13-11-19)18-27-14-5-4-6-15-27/h10-13,21-22H,3-9,14-18H2,1-2H3,(H2,24,25,26). The molecule has 6 heteroatoms. The zero-order valence-electron chi connectivity index (χ0n) is 18.2. The summed E-state index contributed by atoms with van der Waals surface area (Å²) in [5.41, 5.74) is 2.67. The Hall–Kier alpha value is -1.40. The van der Waals surface area contributed by atoms with Gasteiger partial charge in [0.05, 0.1) is 0 Å². The molecule has 2 fully saturated rings. The number of hydrogen-bond donors (Lipinski definition) is 2. The number of aliphatic imine (C=N–C) groups is 1. The van der Waals surface area contributed by atoms with Gasteiger partial charge in [-0.1, -0.05) is 44.0 Å². The lowest BCUT2D eigenvalue weighted by atomic mass is 9.95. The molecule has 2 aliphatic rings. The molecule has 1 aliphatic heterocycles. The minimum atomic E-state index is -0.694. The molecule has 162 valence electrons. The molecule has 0 radical (unpaired) electrons. The summed E-state index contributed by atoms with van der Waals surface area (Å²) in [6.07, 6.45) is 8.40. The molecular formula is C23H38N4OS. The monoisotopic (exact) mass is 418 g/mol. The predicted octanol–water partition coefficient (Wildman–Crippen LogP) is 3.42. The molecule has 0 spiro atoms. The van der Waals surface area contributed by atoms with Crippen molar-refractivity contribution in [1.29, 1.82) is 0 Å². The lowest BCUT2D eigenvalue weighted by Gasteiger charge is -2.30. The fraction of sp³-hybridized carbons (Fsp3) is 0.696. The first-order valence-electron chi connectivity index (χ1n) is 11.3. The molecule has 5 nitrogen and oxygen atoms in total. The summed E-state index contributed by atoms with van der Waals surface area (Å²) in [6.45, 7) is 6.32. The van der Waals surface area contributed by atoms with Crippen LogP contribution in [0.15, 0.2) is 29.3 Å². The molecule has 1 saturated carbocycles. The first-order valence-corrected chi connectivity index (χ1v) is 12.7. The average molecular weight is 419 g/mol. The van der Waals surface area contributed by atoms with Crippen molar-refractivity contribution in [3.8, 4) is 0 Å². The van der Waals surface area contributed by atoms with Crippen molar-refractivity contribution in [2.75, 3.05) is 25.9 Å². The van der Waals surface area contributed by atoms with Gasteiger partial charge in [-0.05, 0) is 56.3 Å². The maximum Gasteiger partial charge on any atom is 0.191 e. The van der Waals surface area contributed by atoms with E-state index in [1.165, 1.54) is 43.5 Å². The zero-order valence-corrected chi connectivity index (χ0v) is 19.0. The molecule has 1 aromatic rings. The minimum absolute atomic E-state index is 0.330. The third-order valence-electron chi connectivity index (χ3n) is 6.18. The van der Waals surface area contributed by atoms with Gasteiger partial charge in [0.1, 0.15) is 0 Å². The average Bonchev–Trinajstić information content (AvgIpc) is 2.78. The molecule has 0 amide bonds. The summed E-state index contributed by atoms with van der Waals surface area (Å²) < 4.78 is 12.2. The second-order valence-electron chi connectivity index (χ2n) is 8.38. The molecule has 1 aromatic carbocycles. The van der Waals surface area contributed by atoms with E-state index in [-0.39, 0.29) is 0 Å². The number of piperidine rings is 1. The van der Waals surface area contributed by atoms with Gasteiger partial charge in [0.15, 0.2) is 5.96 Å². The molecule has 3 unspecified atom stereocenters. The number of likely N-dealkylation sites (tertiary alicyclic amines) is 1. The van der Waals surface area contributed by atoms with Gasteiger partial charge in [-0.2, -0.15) is 0 Å². The highest BCUT2D eigenvalue weighted by Gasteiger charge is 2.26. The van der Waals surface area contributed by atoms with E-state index in [0.717, 1.165) is 50.5 Å². The van der Waals surface area contributed by atoms with Gasteiger partial charge in [-0.15, -0.1) is 0 Å². The number of hydrogen-bond acceptors (Lipinski definition) is 3. The van der Waals surface area contributed by atoms with Crippen LogP contribution in [-0.2, 0) is 23.9 Å². The molecule has 1 aliphatic carbocycles. The third-order valence-corrected chi connectivity index (χ3v) is 7.93. The van der Waals surface area contributed by atoms with E-state index in [1.807, 2.05) is 14.0 Å². The molecule has 1 heterocycles. The molecule has 3 atom stereocenters. The summed E-state index contributed by atoms with van der Waals surface area (Å²) in [6, 6.07) is 9.32. The predicted molar refractivity (Wildman–Crippen MR) is 124 cm³/mol. The quantitative estimate of drug-likeness (QED) is 0.526. The smallest absolute Gasteiger partial charge is 0.191 e. The molecular weight excluding hydrogens is 380 g/mol. The molecule has 2 N–H and O–H groups in total. The van der Waals surface area contributed by atoms with Crippen LogP contribution in [0.25, 0.3) is 0 Å². The number of nitrogens with zero attached hydrogens (tertiary/aromatic N) is 2. The Morgan fingerprint density at radius 2 is 1.83 bits per heavy atom. The van der Waals surface area contributed by atoms with Gasteiger partial charge in [-0.3, -0.25) is 14.1 Å². The summed E-state index contributed by atoms with van der Waals surface area (Å²) >= 11 is 0. The van der Waals surface area contributed by atoms with Crippen molar-refractivity contribution in [1.82, 2.24) is 15.5 Å². The SMILES string of the molecule is CCS(=O)C1CCCC(NC(=NC)NCc2ccc(CN3CCCCC3)cc2)C1. The highest BCUT2D eigenvalue weighted by Crippen LogP contribution is 2.23. The number of nitrogens with one attached hydrogen (secondary N) is 2. The van der Waals surface area contributed by atoms with E-state index in [4.69, 9.17) is 0 Å². The van der Waals surface area contributed by atoms with Crippen molar-refractivity contribution in [2.45, 2.75) is 76.3 Å². The van der Waals surface area contributed by atoms with Crippen molar-refractivity contribution >= 4 is 16.8 Å². The van der Waals surface area contributed by atoms with Crippen LogP contribution in [0.2, 0.25) is 0 Å². The second-order valence-corrected chi connectivity index (χ2v) is 10.4. The van der Waals surface area contributed by atoms with Crippen molar-refractivity contribution in [3.05, 3.63) is 35.4 Å². The maximum atomic E-state index is 12.2. The van der Waals surface area contributed by atoms with Gasteiger partial charge >= 0.3 is 0 Å². The van der Waals surface area contributed by atoms with Crippen LogP contribution >= 0.6 is 0 Å². The van der Waals surface area contributed by atoms with Gasteiger partial charge in [-0.25, -0.2) is 0 Å². The Kier molecular flexibility index (Phi) is 8.99. The first kappa shape index (κ1) is 22.3. The van der Waals surface area contributed by atoms with Crippen molar-refractivity contribution in [3.63, 3.8) is 0 Å². The van der Waals surface area contributed by atoms with E-state index in [2.05, 4.69) is 44.8 Å². The molecule has 0 aromatic heterocycles. The highest BCUT2D eigenvalue weighted by atomic mass is 32.2. The first-order chi connectivity index (χ1) is 14.2. The highest BCUT2D eigenvalue weighted by molar-refractivity contribution is 7.85. The van der Waals surface area contributed by atoms with E-state index in [9.17, 15) is 4.21 Å². The Bertz CT molecular complexity index is 670. The summed E-state index contributed by atoms with van der Waals surface area (Å²) in [7, 11) is 1.13. The topological polar surface area (TPSA) is 56.7 Å². The van der Waals surface area contributed by atoms with Gasteiger partial charge in [0, 0.05) is 48.0 Å². The molecule has 0 bridgehead atoms. The van der Waals surface area contributed by atoms with Gasteiger partial charge in [0.25, 0.3) is 0 Å². The fourth-order valence-electron chi connectivity index (χ4n) is 4.46. The van der Waals surface area contributed by atoms with Crippen LogP contribution in [0.5, 0.6) is 0 Å². The summed E-state index contributed by atoms with van der Waals surface area (Å²) in [4.78, 5) is 6.96. The van der Waals surface area contributed by atoms with Crippen molar-refractivity contribution < 1.29 is 4.21 Å². The summed E-state index contributed by atoms with van der Waals surface area (Å²) in [5, 5.41) is 7.32. The Labute approximate surface area is 179 Å². The second kappa shape index (κ2) is 11.7. The van der Waals surface area contributed by atoms with Crippen LogP contribution in [-0.4, -0.2) is 52.3 Å². The lowest BCUT2D eigenvalue weighted by molar-refractivity contribution is 0.221. The normalized spacial score (nSPS) is 24.8. The van der Waals surface area contributed by atoms with Crippen LogP contribution in [0.1, 0.15) is 63.0 Å². The Morgan fingerprint density at radius 3 is 2.52 bits per heavy atom. The van der Waals surface area contributed by atoms with Crippen LogP contribution < -0.4 is 10.6 Å². The minimum Gasteiger partial charge on any atom is -0.354 e. The van der Waals surface area contributed by atoms with E-state index in [1.54, 1.807) is 0 Å². The van der Waals surface area contributed by atoms with Crippen LogP contribution in [0.3, 0.4) is 0 Å². The van der Waals surface area contributed by atoms with Crippen molar-refractivity contribution in [2.24, 2.45) is 4.99 Å². The lowest BCUT2D eigenvalue weighted by Crippen LogP contribution is -2.46. The Balaban J connectivity index is 1.44. The maximum absolute atomic E-state index is 12.2. The summed E-state index contributed by atoms with van der Waals surface area (Å²) in [5.74, 6) is 1.60. The van der Waals surface area contributed by atoms with E-state index >= 15 is 0 Å². The third kappa shape index (κ3) is 7.10. The number of rotatable bonds is 7. The van der Waals surface area contributed by atoms with E-state index < -0.39 is 10.8 Å². The number of benzene rings is 1. The van der Waals surface area contributed by atoms with Gasteiger partial charge < -0.3 is 10.6 Å². The molecule has 29 heavy (non-hydrogen) atoms. The zero-order chi connectivity index (χ0) is 20.5.